The minimum absolute atomic E-state index is 0.127. The van der Waals surface area contributed by atoms with Crippen LogP contribution in [0.3, 0.4) is 0 Å². The van der Waals surface area contributed by atoms with Crippen molar-refractivity contribution >= 4 is 23.2 Å². The van der Waals surface area contributed by atoms with E-state index >= 15 is 0 Å². The molecule has 1 amide bonds. The third-order valence-corrected chi connectivity index (χ3v) is 5.25. The molecule has 0 bridgehead atoms. The van der Waals surface area contributed by atoms with E-state index in [0.717, 1.165) is 12.8 Å². The number of thiophene rings is 1. The van der Waals surface area contributed by atoms with Gasteiger partial charge in [-0.1, -0.05) is 24.3 Å². The van der Waals surface area contributed by atoms with Crippen molar-refractivity contribution in [3.8, 4) is 10.4 Å². The summed E-state index contributed by atoms with van der Waals surface area (Å²) in [4.78, 5) is 25.6. The molecule has 0 aliphatic heterocycles. The second-order valence-corrected chi connectivity index (χ2v) is 6.83. The van der Waals surface area contributed by atoms with Gasteiger partial charge in [0.2, 0.25) is 0 Å². The number of amides is 1. The molecule has 0 saturated carbocycles. The lowest BCUT2D eigenvalue weighted by Crippen LogP contribution is -2.34. The van der Waals surface area contributed by atoms with Gasteiger partial charge in [0.05, 0.1) is 18.4 Å². The molecule has 1 aromatic heterocycles. The molecule has 1 aliphatic carbocycles. The van der Waals surface area contributed by atoms with Crippen molar-refractivity contribution < 1.29 is 14.3 Å². The Labute approximate surface area is 139 Å². The molecule has 1 unspecified atom stereocenters. The van der Waals surface area contributed by atoms with Crippen molar-refractivity contribution in [1.82, 2.24) is 5.32 Å². The highest BCUT2D eigenvalue weighted by molar-refractivity contribution is 7.17. The van der Waals surface area contributed by atoms with E-state index in [1.54, 1.807) is 6.92 Å². The molecule has 1 aliphatic rings. The van der Waals surface area contributed by atoms with Crippen LogP contribution in [0.4, 0.5) is 0 Å². The van der Waals surface area contributed by atoms with E-state index in [9.17, 15) is 9.59 Å². The number of hydrogen-bond acceptors (Lipinski definition) is 4. The Bertz CT molecular complexity index is 750. The van der Waals surface area contributed by atoms with Crippen molar-refractivity contribution in [2.75, 3.05) is 7.11 Å². The van der Waals surface area contributed by atoms with E-state index in [2.05, 4.69) is 28.3 Å². The SMILES string of the molecule is COC(=O)CC(C)NC(=O)c1cc2c(s1)-c1ccccc1CC2. The third-order valence-electron chi connectivity index (χ3n) is 4.04. The molecule has 3 rings (SSSR count). The molecule has 1 atom stereocenters. The maximum atomic E-state index is 12.4. The van der Waals surface area contributed by atoms with Gasteiger partial charge in [-0.25, -0.2) is 0 Å². The van der Waals surface area contributed by atoms with Crippen molar-refractivity contribution in [1.29, 1.82) is 0 Å². The fraction of sp³-hybridized carbons (Fsp3) is 0.333. The van der Waals surface area contributed by atoms with Crippen LogP contribution >= 0.6 is 11.3 Å². The van der Waals surface area contributed by atoms with Gasteiger partial charge in [-0.15, -0.1) is 11.3 Å². The van der Waals surface area contributed by atoms with Crippen LogP contribution in [0, 0.1) is 0 Å². The molecule has 1 N–H and O–H groups in total. The first-order chi connectivity index (χ1) is 11.1. The van der Waals surface area contributed by atoms with Gasteiger partial charge in [0.25, 0.3) is 5.91 Å². The molecular formula is C18H19NO3S. The summed E-state index contributed by atoms with van der Waals surface area (Å²) in [7, 11) is 1.35. The zero-order valence-corrected chi connectivity index (χ0v) is 14.0. The molecule has 1 heterocycles. The second-order valence-electron chi connectivity index (χ2n) is 5.78. The minimum Gasteiger partial charge on any atom is -0.469 e. The summed E-state index contributed by atoms with van der Waals surface area (Å²) < 4.78 is 4.63. The van der Waals surface area contributed by atoms with Gasteiger partial charge in [-0.3, -0.25) is 9.59 Å². The zero-order valence-electron chi connectivity index (χ0n) is 13.2. The fourth-order valence-electron chi connectivity index (χ4n) is 2.86. The first-order valence-corrected chi connectivity index (χ1v) is 8.49. The zero-order chi connectivity index (χ0) is 16.4. The molecule has 1 aromatic carbocycles. The van der Waals surface area contributed by atoms with Crippen molar-refractivity contribution in [2.24, 2.45) is 0 Å². The Morgan fingerprint density at radius 1 is 1.26 bits per heavy atom. The monoisotopic (exact) mass is 329 g/mol. The summed E-state index contributed by atoms with van der Waals surface area (Å²) in [5, 5.41) is 2.87. The van der Waals surface area contributed by atoms with Crippen molar-refractivity contribution in [3.05, 3.63) is 46.3 Å². The quantitative estimate of drug-likeness (QED) is 0.877. The van der Waals surface area contributed by atoms with Gasteiger partial charge in [0.15, 0.2) is 0 Å². The molecule has 4 nitrogen and oxygen atoms in total. The highest BCUT2D eigenvalue weighted by Gasteiger charge is 2.22. The summed E-state index contributed by atoms with van der Waals surface area (Å²) in [6.45, 7) is 1.80. The summed E-state index contributed by atoms with van der Waals surface area (Å²) in [6, 6.07) is 10.1. The van der Waals surface area contributed by atoms with Gasteiger partial charge < -0.3 is 10.1 Å². The molecule has 0 spiro atoms. The molecule has 0 radical (unpaired) electrons. The molecule has 0 saturated heterocycles. The predicted molar refractivity (Wildman–Crippen MR) is 90.7 cm³/mol. The Hall–Kier alpha value is -2.14. The van der Waals surface area contributed by atoms with Crippen LogP contribution in [0.15, 0.2) is 30.3 Å². The van der Waals surface area contributed by atoms with Crippen LogP contribution in [0.25, 0.3) is 10.4 Å². The number of hydrogen-bond donors (Lipinski definition) is 1. The maximum Gasteiger partial charge on any atom is 0.307 e. The van der Waals surface area contributed by atoms with Crippen LogP contribution < -0.4 is 5.32 Å². The Morgan fingerprint density at radius 2 is 2.00 bits per heavy atom. The number of carbonyl (C=O) groups excluding carboxylic acids is 2. The summed E-state index contributed by atoms with van der Waals surface area (Å²) in [5.74, 6) is -0.449. The average Bonchev–Trinajstić information content (AvgIpc) is 2.99. The highest BCUT2D eigenvalue weighted by atomic mass is 32.1. The van der Waals surface area contributed by atoms with Crippen LogP contribution in [0.1, 0.15) is 34.1 Å². The van der Waals surface area contributed by atoms with Gasteiger partial charge in [-0.2, -0.15) is 0 Å². The van der Waals surface area contributed by atoms with Crippen molar-refractivity contribution in [2.45, 2.75) is 32.2 Å². The number of esters is 1. The van der Waals surface area contributed by atoms with Crippen LogP contribution in [0.2, 0.25) is 0 Å². The van der Waals surface area contributed by atoms with Crippen molar-refractivity contribution in [3.63, 3.8) is 0 Å². The number of methoxy groups -OCH3 is 1. The normalized spacial score (nSPS) is 13.7. The second kappa shape index (κ2) is 6.54. The van der Waals surface area contributed by atoms with Gasteiger partial charge >= 0.3 is 5.97 Å². The number of ether oxygens (including phenoxy) is 1. The Balaban J connectivity index is 1.77. The Morgan fingerprint density at radius 3 is 2.78 bits per heavy atom. The standard InChI is InChI=1S/C18H19NO3S/c1-11(9-16(20)22-2)19-18(21)15-10-13-8-7-12-5-3-4-6-14(12)17(13)23-15/h3-6,10-11H,7-9H2,1-2H3,(H,19,21). The van der Waals surface area contributed by atoms with E-state index in [-0.39, 0.29) is 24.3 Å². The highest BCUT2D eigenvalue weighted by Crippen LogP contribution is 2.39. The summed E-state index contributed by atoms with van der Waals surface area (Å²) >= 11 is 1.52. The largest absolute Gasteiger partial charge is 0.469 e. The lowest BCUT2D eigenvalue weighted by Gasteiger charge is -2.15. The Kier molecular flexibility index (Phi) is 4.48. The minimum atomic E-state index is -0.322. The number of nitrogens with one attached hydrogen (secondary N) is 1. The molecule has 5 heteroatoms. The summed E-state index contributed by atoms with van der Waals surface area (Å²) in [6.07, 6.45) is 2.16. The molecular weight excluding hydrogens is 310 g/mol. The average molecular weight is 329 g/mol. The van der Waals surface area contributed by atoms with Gasteiger partial charge in [0.1, 0.15) is 0 Å². The van der Waals surface area contributed by atoms with E-state index in [0.29, 0.717) is 4.88 Å². The van der Waals surface area contributed by atoms with Gasteiger partial charge in [0, 0.05) is 10.9 Å². The van der Waals surface area contributed by atoms with Crippen LogP contribution in [-0.2, 0) is 22.4 Å². The molecule has 120 valence electrons. The predicted octanol–water partition coefficient (Wildman–Crippen LogP) is 3.20. The lowest BCUT2D eigenvalue weighted by molar-refractivity contribution is -0.141. The first kappa shape index (κ1) is 15.7. The number of aryl methyl sites for hydroxylation is 2. The van der Waals surface area contributed by atoms with Crippen LogP contribution in [0.5, 0.6) is 0 Å². The van der Waals surface area contributed by atoms with E-state index < -0.39 is 0 Å². The van der Waals surface area contributed by atoms with E-state index in [1.807, 2.05) is 12.1 Å². The number of carbonyl (C=O) groups is 2. The fourth-order valence-corrected chi connectivity index (χ4v) is 4.04. The number of benzene rings is 1. The van der Waals surface area contributed by atoms with Gasteiger partial charge in [-0.05, 0) is 42.5 Å². The van der Waals surface area contributed by atoms with E-state index in [1.165, 1.54) is 40.0 Å². The maximum absolute atomic E-state index is 12.4. The third kappa shape index (κ3) is 3.29. The molecule has 23 heavy (non-hydrogen) atoms. The molecule has 2 aromatic rings. The molecule has 0 fully saturated rings. The lowest BCUT2D eigenvalue weighted by atomic mass is 9.91. The smallest absolute Gasteiger partial charge is 0.307 e. The summed E-state index contributed by atoms with van der Waals surface area (Å²) in [5.41, 5.74) is 3.81. The topological polar surface area (TPSA) is 55.4 Å². The van der Waals surface area contributed by atoms with Crippen LogP contribution in [-0.4, -0.2) is 25.0 Å². The number of fused-ring (bicyclic) bond motifs is 3. The first-order valence-electron chi connectivity index (χ1n) is 7.67. The van der Waals surface area contributed by atoms with E-state index in [4.69, 9.17) is 0 Å². The number of rotatable bonds is 4.